The maximum absolute atomic E-state index is 13.1. The van der Waals surface area contributed by atoms with Gasteiger partial charge in [0.1, 0.15) is 5.75 Å². The number of aryl methyl sites for hydroxylation is 2. The summed E-state index contributed by atoms with van der Waals surface area (Å²) in [7, 11) is 0. The molecule has 0 aliphatic heterocycles. The fourth-order valence-electron chi connectivity index (χ4n) is 3.26. The van der Waals surface area contributed by atoms with Gasteiger partial charge in [-0.15, -0.1) is 10.2 Å². The molecule has 0 N–H and O–H groups in total. The number of ether oxygens (including phenoxy) is 1. The summed E-state index contributed by atoms with van der Waals surface area (Å²) in [5.41, 5.74) is 4.07. The van der Waals surface area contributed by atoms with Gasteiger partial charge in [0.25, 0.3) is 11.1 Å². The van der Waals surface area contributed by atoms with Gasteiger partial charge in [0, 0.05) is 5.69 Å². The number of rotatable bonds is 9. The number of anilines is 1. The van der Waals surface area contributed by atoms with Gasteiger partial charge in [-0.05, 0) is 48.7 Å². The van der Waals surface area contributed by atoms with Gasteiger partial charge < -0.3 is 14.1 Å². The lowest BCUT2D eigenvalue weighted by atomic mass is 10.1. The number of nitrogens with zero attached hydrogens (tertiary/aromatic N) is 3. The van der Waals surface area contributed by atoms with Crippen LogP contribution in [0.3, 0.4) is 0 Å². The molecule has 0 aliphatic carbocycles. The van der Waals surface area contributed by atoms with E-state index in [1.54, 1.807) is 4.90 Å². The molecule has 0 spiro atoms. The van der Waals surface area contributed by atoms with Crippen LogP contribution in [0.25, 0.3) is 0 Å². The number of aromatic nitrogens is 2. The summed E-state index contributed by atoms with van der Waals surface area (Å²) in [6, 6.07) is 25.6. The van der Waals surface area contributed by atoms with Crippen molar-refractivity contribution in [2.24, 2.45) is 0 Å². The van der Waals surface area contributed by atoms with Gasteiger partial charge in [0.05, 0.1) is 12.3 Å². The van der Waals surface area contributed by atoms with Crippen LogP contribution in [-0.4, -0.2) is 21.9 Å². The summed E-state index contributed by atoms with van der Waals surface area (Å²) in [4.78, 5) is 14.9. The molecule has 6 nitrogen and oxygen atoms in total. The molecule has 1 aromatic heterocycles. The molecule has 0 saturated carbocycles. The summed E-state index contributed by atoms with van der Waals surface area (Å²) >= 11 is 1.22. The zero-order valence-electron chi connectivity index (χ0n) is 18.6. The average Bonchev–Trinajstić information content (AvgIpc) is 3.30. The fourth-order valence-corrected chi connectivity index (χ4v) is 3.91. The van der Waals surface area contributed by atoms with Crippen molar-refractivity contribution in [3.05, 3.63) is 101 Å². The van der Waals surface area contributed by atoms with Gasteiger partial charge in [-0.25, -0.2) is 0 Å². The Bertz CT molecular complexity index is 1200. The van der Waals surface area contributed by atoms with Crippen molar-refractivity contribution >= 4 is 23.4 Å². The first kappa shape index (κ1) is 22.6. The second-order valence-corrected chi connectivity index (χ2v) is 8.54. The number of carbonyl (C=O) groups is 1. The first-order chi connectivity index (χ1) is 16.1. The second kappa shape index (κ2) is 10.8. The molecule has 0 saturated heterocycles. The number of thioether (sulfide) groups is 1. The lowest BCUT2D eigenvalue weighted by Crippen LogP contribution is -2.31. The molecule has 33 heavy (non-hydrogen) atoms. The van der Waals surface area contributed by atoms with Crippen LogP contribution >= 0.6 is 11.8 Å². The highest BCUT2D eigenvalue weighted by atomic mass is 32.2. The molecule has 4 aromatic rings. The third kappa shape index (κ3) is 6.23. The molecule has 0 atom stereocenters. The van der Waals surface area contributed by atoms with E-state index in [0.717, 1.165) is 28.1 Å². The monoisotopic (exact) mass is 459 g/mol. The van der Waals surface area contributed by atoms with Gasteiger partial charge in [-0.2, -0.15) is 0 Å². The normalized spacial score (nSPS) is 10.7. The molecule has 0 unspecified atom stereocenters. The molecule has 3 aromatic carbocycles. The molecule has 4 rings (SSSR count). The Morgan fingerprint density at radius 1 is 0.970 bits per heavy atom. The van der Waals surface area contributed by atoms with E-state index in [0.29, 0.717) is 17.7 Å². The third-order valence-corrected chi connectivity index (χ3v) is 5.82. The molecule has 0 radical (unpaired) electrons. The standard InChI is InChI=1S/C26H25N3O3S/c1-19-13-14-20(2)23(15-19)31-17-24-27-28-26(32-24)33-18-25(30)29(22-11-7-4-8-12-22)16-21-9-5-3-6-10-21/h3-15H,16-18H2,1-2H3. The van der Waals surface area contributed by atoms with E-state index in [4.69, 9.17) is 9.15 Å². The zero-order valence-corrected chi connectivity index (χ0v) is 19.4. The molecule has 168 valence electrons. The predicted octanol–water partition coefficient (Wildman–Crippen LogP) is 5.59. The van der Waals surface area contributed by atoms with Crippen LogP contribution in [0.15, 0.2) is 88.5 Å². The van der Waals surface area contributed by atoms with Crippen LogP contribution in [0, 0.1) is 13.8 Å². The van der Waals surface area contributed by atoms with Crippen LogP contribution in [0.2, 0.25) is 0 Å². The number of amides is 1. The lowest BCUT2D eigenvalue weighted by Gasteiger charge is -2.22. The van der Waals surface area contributed by atoms with E-state index in [9.17, 15) is 4.79 Å². The Kier molecular flexibility index (Phi) is 7.42. The van der Waals surface area contributed by atoms with E-state index in [1.807, 2.05) is 92.7 Å². The molecular formula is C26H25N3O3S. The molecule has 0 aliphatic rings. The first-order valence-electron chi connectivity index (χ1n) is 10.6. The van der Waals surface area contributed by atoms with Gasteiger partial charge >= 0.3 is 0 Å². The number of carbonyl (C=O) groups excluding carboxylic acids is 1. The third-order valence-electron chi connectivity index (χ3n) is 5.01. The molecule has 1 heterocycles. The van der Waals surface area contributed by atoms with E-state index >= 15 is 0 Å². The highest BCUT2D eigenvalue weighted by Crippen LogP contribution is 2.23. The molecule has 0 fully saturated rings. The summed E-state index contributed by atoms with van der Waals surface area (Å²) in [5, 5.41) is 8.44. The topological polar surface area (TPSA) is 68.5 Å². The second-order valence-electron chi connectivity index (χ2n) is 7.61. The Morgan fingerprint density at radius 2 is 1.70 bits per heavy atom. The van der Waals surface area contributed by atoms with Crippen LogP contribution < -0.4 is 9.64 Å². The van der Waals surface area contributed by atoms with Crippen molar-refractivity contribution in [2.45, 2.75) is 32.2 Å². The Labute approximate surface area is 197 Å². The number of para-hydroxylation sites is 1. The Hall–Kier alpha value is -3.58. The van der Waals surface area contributed by atoms with Gasteiger partial charge in [0.2, 0.25) is 5.91 Å². The smallest absolute Gasteiger partial charge is 0.277 e. The van der Waals surface area contributed by atoms with Gasteiger partial charge in [-0.1, -0.05) is 72.4 Å². The van der Waals surface area contributed by atoms with Crippen molar-refractivity contribution < 1.29 is 13.9 Å². The maximum atomic E-state index is 13.1. The van der Waals surface area contributed by atoms with Crippen LogP contribution in [0.4, 0.5) is 5.69 Å². The average molecular weight is 460 g/mol. The molecule has 1 amide bonds. The Morgan fingerprint density at radius 3 is 2.45 bits per heavy atom. The quantitative estimate of drug-likeness (QED) is 0.304. The largest absolute Gasteiger partial charge is 0.484 e. The van der Waals surface area contributed by atoms with Gasteiger partial charge in [0.15, 0.2) is 6.61 Å². The van der Waals surface area contributed by atoms with Crippen molar-refractivity contribution in [1.82, 2.24) is 10.2 Å². The first-order valence-corrected chi connectivity index (χ1v) is 11.6. The summed E-state index contributed by atoms with van der Waals surface area (Å²) in [5.74, 6) is 1.30. The van der Waals surface area contributed by atoms with Crippen molar-refractivity contribution in [1.29, 1.82) is 0 Å². The number of benzene rings is 3. The Balaban J connectivity index is 1.37. The molecular weight excluding hydrogens is 434 g/mol. The minimum absolute atomic E-state index is 0.0403. The lowest BCUT2D eigenvalue weighted by molar-refractivity contribution is -0.116. The number of hydrogen-bond acceptors (Lipinski definition) is 6. The highest BCUT2D eigenvalue weighted by molar-refractivity contribution is 7.99. The van der Waals surface area contributed by atoms with Crippen LogP contribution in [-0.2, 0) is 17.9 Å². The molecule has 7 heteroatoms. The maximum Gasteiger partial charge on any atom is 0.277 e. The van der Waals surface area contributed by atoms with E-state index < -0.39 is 0 Å². The van der Waals surface area contributed by atoms with Crippen molar-refractivity contribution in [2.75, 3.05) is 10.7 Å². The van der Waals surface area contributed by atoms with Crippen molar-refractivity contribution in [3.63, 3.8) is 0 Å². The van der Waals surface area contributed by atoms with Crippen molar-refractivity contribution in [3.8, 4) is 5.75 Å². The van der Waals surface area contributed by atoms with E-state index in [2.05, 4.69) is 10.2 Å². The van der Waals surface area contributed by atoms with E-state index in [-0.39, 0.29) is 18.3 Å². The summed E-state index contributed by atoms with van der Waals surface area (Å²) < 4.78 is 11.5. The summed E-state index contributed by atoms with van der Waals surface area (Å²) in [6.45, 7) is 4.67. The van der Waals surface area contributed by atoms with Gasteiger partial charge in [-0.3, -0.25) is 4.79 Å². The highest BCUT2D eigenvalue weighted by Gasteiger charge is 2.18. The zero-order chi connectivity index (χ0) is 23.0. The fraction of sp³-hybridized carbons (Fsp3) is 0.192. The van der Waals surface area contributed by atoms with Crippen LogP contribution in [0.1, 0.15) is 22.6 Å². The molecule has 0 bridgehead atoms. The summed E-state index contributed by atoms with van der Waals surface area (Å²) in [6.07, 6.45) is 0. The SMILES string of the molecule is Cc1ccc(C)c(OCc2nnc(SCC(=O)N(Cc3ccccc3)c3ccccc3)o2)c1. The number of hydrogen-bond donors (Lipinski definition) is 0. The predicted molar refractivity (Wildman–Crippen MR) is 129 cm³/mol. The minimum Gasteiger partial charge on any atom is -0.484 e. The van der Waals surface area contributed by atoms with Crippen LogP contribution in [0.5, 0.6) is 5.75 Å². The minimum atomic E-state index is -0.0403. The van der Waals surface area contributed by atoms with E-state index in [1.165, 1.54) is 11.8 Å².